The number of amides is 3. The van der Waals surface area contributed by atoms with Crippen molar-refractivity contribution in [3.8, 4) is 0 Å². The molecule has 0 aromatic carbocycles. The third kappa shape index (κ3) is 5.09. The molecule has 210 valence electrons. The summed E-state index contributed by atoms with van der Waals surface area (Å²) in [5.41, 5.74) is 11.3. The van der Waals surface area contributed by atoms with Crippen molar-refractivity contribution < 1.29 is 38.1 Å². The number of nitrogens with one attached hydrogen (secondary N) is 1. The van der Waals surface area contributed by atoms with E-state index in [0.29, 0.717) is 11.3 Å². The number of rotatable bonds is 11. The van der Waals surface area contributed by atoms with Crippen LogP contribution in [0.25, 0.3) is 4.83 Å². The number of alkyl halides is 1. The molecular formula is C21H21FN9O6S3+. The number of anilines is 1. The number of carboxylic acids is 1. The summed E-state index contributed by atoms with van der Waals surface area (Å²) in [6, 6.07) is -1.05. The number of oxime groups is 1. The van der Waals surface area contributed by atoms with E-state index < -0.39 is 41.8 Å². The molecule has 0 unspecified atom stereocenters. The van der Waals surface area contributed by atoms with Gasteiger partial charge >= 0.3 is 5.97 Å². The number of hydrogen-bond acceptors (Lipinski definition) is 12. The first-order valence-electron chi connectivity index (χ1n) is 11.5. The number of nitrogen functional groups attached to an aromatic ring is 1. The topological polar surface area (TPSA) is 211 Å². The van der Waals surface area contributed by atoms with Crippen LogP contribution in [0, 0.1) is 0 Å². The van der Waals surface area contributed by atoms with Crippen LogP contribution in [0.5, 0.6) is 0 Å². The maximum Gasteiger partial charge on any atom is 0.352 e. The lowest BCUT2D eigenvalue weighted by Crippen LogP contribution is -2.71. The second-order valence-electron chi connectivity index (χ2n) is 8.50. The first-order valence-corrected chi connectivity index (χ1v) is 14.2. The quantitative estimate of drug-likeness (QED) is 0.0707. The summed E-state index contributed by atoms with van der Waals surface area (Å²) in [5, 5.41) is 17.3. The number of hydrogen-bond donors (Lipinski definition) is 4. The van der Waals surface area contributed by atoms with E-state index in [1.807, 2.05) is 0 Å². The molecule has 2 aliphatic heterocycles. The van der Waals surface area contributed by atoms with Gasteiger partial charge in [0.1, 0.15) is 36.5 Å². The Labute approximate surface area is 236 Å². The Morgan fingerprint density at radius 2 is 2.17 bits per heavy atom. The zero-order chi connectivity index (χ0) is 28.6. The highest BCUT2D eigenvalue weighted by Gasteiger charge is 2.54. The molecule has 0 aliphatic carbocycles. The lowest BCUT2D eigenvalue weighted by Gasteiger charge is -2.49. The van der Waals surface area contributed by atoms with Crippen molar-refractivity contribution in [3.05, 3.63) is 40.7 Å². The van der Waals surface area contributed by atoms with Gasteiger partial charge in [0.15, 0.2) is 5.13 Å². The molecule has 15 nitrogen and oxygen atoms in total. The number of primary amides is 1. The molecule has 0 spiro atoms. The summed E-state index contributed by atoms with van der Waals surface area (Å²) >= 11 is 3.42. The zero-order valence-corrected chi connectivity index (χ0v) is 22.8. The molecule has 0 bridgehead atoms. The molecule has 1 fully saturated rings. The second kappa shape index (κ2) is 11.2. The van der Waals surface area contributed by atoms with Crippen molar-refractivity contribution in [2.75, 3.05) is 24.8 Å². The van der Waals surface area contributed by atoms with Gasteiger partial charge < -0.3 is 26.7 Å². The largest absolute Gasteiger partial charge is 0.477 e. The van der Waals surface area contributed by atoms with Gasteiger partial charge in [0.25, 0.3) is 24.0 Å². The van der Waals surface area contributed by atoms with Crippen LogP contribution in [-0.4, -0.2) is 83.6 Å². The van der Waals surface area contributed by atoms with E-state index in [9.17, 15) is 28.7 Å². The van der Waals surface area contributed by atoms with Gasteiger partial charge in [-0.3, -0.25) is 23.7 Å². The Bertz CT molecular complexity index is 1580. The zero-order valence-electron chi connectivity index (χ0n) is 20.4. The molecule has 3 amide bonds. The molecule has 1 saturated heterocycles. The van der Waals surface area contributed by atoms with Crippen LogP contribution in [0.2, 0.25) is 0 Å². The molecule has 19 heteroatoms. The summed E-state index contributed by atoms with van der Waals surface area (Å²) in [4.78, 5) is 60.8. The van der Waals surface area contributed by atoms with E-state index in [0.717, 1.165) is 21.3 Å². The number of carbonyl (C=O) groups is 4. The first kappa shape index (κ1) is 27.5. The van der Waals surface area contributed by atoms with Crippen LogP contribution in [0.15, 0.2) is 34.3 Å². The van der Waals surface area contributed by atoms with Gasteiger partial charge in [-0.2, -0.15) is 13.8 Å². The molecule has 5 rings (SSSR count). The third-order valence-electron chi connectivity index (χ3n) is 5.88. The van der Waals surface area contributed by atoms with Gasteiger partial charge in [0.2, 0.25) is 22.1 Å². The summed E-state index contributed by atoms with van der Waals surface area (Å²) in [7, 11) is 0. The molecule has 2 atom stereocenters. The molecule has 5 heterocycles. The Balaban J connectivity index is 1.34. The normalized spacial score (nSPS) is 19.0. The third-order valence-corrected chi connectivity index (χ3v) is 8.65. The number of nitrogens with two attached hydrogens (primary N) is 2. The lowest BCUT2D eigenvalue weighted by molar-refractivity contribution is -0.687. The minimum atomic E-state index is -1.29. The average Bonchev–Trinajstić information content (AvgIpc) is 3.62. The Morgan fingerprint density at radius 1 is 1.38 bits per heavy atom. The fourth-order valence-corrected chi connectivity index (χ4v) is 6.81. The second-order valence-corrected chi connectivity index (χ2v) is 11.3. The summed E-state index contributed by atoms with van der Waals surface area (Å²) in [6.07, 6.45) is 3.43. The summed E-state index contributed by atoms with van der Waals surface area (Å²) in [6.45, 7) is -0.584. The van der Waals surface area contributed by atoms with Crippen molar-refractivity contribution >= 4 is 74.0 Å². The molecule has 40 heavy (non-hydrogen) atoms. The van der Waals surface area contributed by atoms with Gasteiger partial charge in [-0.1, -0.05) is 16.5 Å². The highest BCUT2D eigenvalue weighted by molar-refractivity contribution is 8.00. The predicted octanol–water partition coefficient (Wildman–Crippen LogP) is -0.660. The van der Waals surface area contributed by atoms with E-state index in [2.05, 4.69) is 19.8 Å². The first-order chi connectivity index (χ1) is 19.2. The van der Waals surface area contributed by atoms with E-state index in [-0.39, 0.29) is 47.7 Å². The van der Waals surface area contributed by atoms with E-state index in [1.165, 1.54) is 23.1 Å². The molecule has 0 radical (unpaired) electrons. The molecular weight excluding hydrogens is 589 g/mol. The fourth-order valence-electron chi connectivity index (χ4n) is 4.13. The van der Waals surface area contributed by atoms with Gasteiger partial charge in [0.05, 0.1) is 6.67 Å². The van der Waals surface area contributed by atoms with Crippen molar-refractivity contribution in [2.45, 2.75) is 24.4 Å². The molecule has 3 aromatic rings. The highest BCUT2D eigenvalue weighted by Crippen LogP contribution is 2.40. The smallest absolute Gasteiger partial charge is 0.352 e. The maximum atomic E-state index is 13.1. The van der Waals surface area contributed by atoms with Crippen LogP contribution >= 0.6 is 34.6 Å². The average molecular weight is 611 g/mol. The van der Waals surface area contributed by atoms with E-state index in [1.54, 1.807) is 26.9 Å². The number of aromatic nitrogens is 4. The minimum Gasteiger partial charge on any atom is -0.477 e. The van der Waals surface area contributed by atoms with Crippen LogP contribution < -0.4 is 21.4 Å². The number of carbonyl (C=O) groups excluding carboxylic acids is 3. The summed E-state index contributed by atoms with van der Waals surface area (Å²) in [5.74, 6) is -3.20. The minimum absolute atomic E-state index is 0.0542. The summed E-state index contributed by atoms with van der Waals surface area (Å²) < 4.78 is 19.7. The molecule has 3 aromatic heterocycles. The van der Waals surface area contributed by atoms with Gasteiger partial charge in [-0.05, 0) is 0 Å². The number of halogens is 1. The standard InChI is InChI=1S/C21H20FN9O6S3/c22-2-1-3-37-27-12(16-26-21(24)40-28-16)17(33)25-13-18(34)31-14(20(35)36)9(6-39-19(13)31)4-29-5-11-30(8-29)10(7-38-11)15(23)32/h5,7-8,13,19H,1-4,6H2,(H5-,23,24,25,26,28,32,33,35,36)/p+1/b27-12-/t13-,19-/m1/s1. The highest BCUT2D eigenvalue weighted by atomic mass is 32.2. The fraction of sp³-hybridized carbons (Fsp3) is 0.333. The maximum absolute atomic E-state index is 13.1. The monoisotopic (exact) mass is 610 g/mol. The number of thiazole rings is 1. The lowest BCUT2D eigenvalue weighted by atomic mass is 10.0. The Morgan fingerprint density at radius 3 is 2.85 bits per heavy atom. The van der Waals surface area contributed by atoms with Crippen LogP contribution in [0.3, 0.4) is 0 Å². The van der Waals surface area contributed by atoms with Gasteiger partial charge in [-0.25, -0.2) is 9.36 Å². The Kier molecular flexibility index (Phi) is 7.68. The predicted molar refractivity (Wildman–Crippen MR) is 141 cm³/mol. The molecule has 2 aliphatic rings. The molecule has 0 saturated carbocycles. The van der Waals surface area contributed by atoms with Crippen molar-refractivity contribution in [3.63, 3.8) is 0 Å². The van der Waals surface area contributed by atoms with Crippen molar-refractivity contribution in [1.82, 2.24) is 24.0 Å². The Hall–Kier alpha value is -4.10. The molecule has 6 N–H and O–H groups in total. The number of fused-ring (bicyclic) bond motifs is 2. The van der Waals surface area contributed by atoms with Crippen molar-refractivity contribution in [1.29, 1.82) is 0 Å². The number of thioether (sulfide) groups is 1. The number of imidazole rings is 1. The number of aliphatic carboxylic acids is 1. The van der Waals surface area contributed by atoms with E-state index >= 15 is 0 Å². The van der Waals surface area contributed by atoms with Gasteiger partial charge in [-0.15, -0.1) is 11.8 Å². The van der Waals surface area contributed by atoms with Crippen LogP contribution in [-0.2, 0) is 25.8 Å². The van der Waals surface area contributed by atoms with Crippen molar-refractivity contribution in [2.24, 2.45) is 10.9 Å². The van der Waals surface area contributed by atoms with Crippen LogP contribution in [0.4, 0.5) is 9.52 Å². The van der Waals surface area contributed by atoms with Gasteiger partial charge in [0, 0.05) is 34.7 Å². The van der Waals surface area contributed by atoms with E-state index in [4.69, 9.17) is 16.3 Å². The number of β-lactam (4-membered cyclic amide) rings is 1. The number of carboxylic acid groups (broad SMARTS) is 1. The number of nitrogens with zero attached hydrogens (tertiary/aromatic N) is 6. The van der Waals surface area contributed by atoms with Crippen LogP contribution in [0.1, 0.15) is 22.7 Å². The SMILES string of the molecule is NC(=O)c1csc2c[n+](CC3=C(C(=O)O)N4C(=O)[C@@H](NC(=O)/C(=N\OCCCF)c5nsc(N)n5)[C@H]4SC3)cn12.